The fraction of sp³-hybridized carbons (Fsp3) is 0.500. The minimum atomic E-state index is -1.87. The molecule has 2 aromatic rings. The second kappa shape index (κ2) is 7.43. The van der Waals surface area contributed by atoms with E-state index in [2.05, 4.69) is 87.0 Å². The number of aryl methyl sites for hydroxylation is 3. The number of nitrogens with zero attached hydrogens (tertiary/aromatic N) is 1. The zero-order chi connectivity index (χ0) is 18.1. The van der Waals surface area contributed by atoms with Crippen LogP contribution < -0.4 is 8.96 Å². The van der Waals surface area contributed by atoms with Crippen molar-refractivity contribution in [1.29, 1.82) is 0 Å². The summed E-state index contributed by atoms with van der Waals surface area (Å²) in [5, 5.41) is 0. The van der Waals surface area contributed by atoms with E-state index in [1.54, 1.807) is 4.40 Å². The van der Waals surface area contributed by atoms with E-state index >= 15 is 0 Å². The van der Waals surface area contributed by atoms with E-state index in [4.69, 9.17) is 0 Å². The van der Waals surface area contributed by atoms with Gasteiger partial charge in [-0.2, -0.15) is 0 Å². The molecule has 0 saturated heterocycles. The number of rotatable bonds is 5. The molecule has 0 radical (unpaired) electrons. The van der Waals surface area contributed by atoms with E-state index in [0.717, 1.165) is 0 Å². The summed E-state index contributed by atoms with van der Waals surface area (Å²) in [7, 11) is 2.19. The van der Waals surface area contributed by atoms with Crippen molar-refractivity contribution in [3.63, 3.8) is 0 Å². The maximum absolute atomic E-state index is 2.49. The molecule has 2 rings (SSSR count). The number of hydrogen-bond donors (Lipinski definition) is 0. The second-order valence-corrected chi connectivity index (χ2v) is 18.8. The zero-order valence-electron chi connectivity index (χ0n) is 16.8. The molecule has 0 aliphatic rings. The standard InChI is InChI=1S/C22H34GeN/c1-9-18(10-2)19-12-11-16(3)20(13-19)22-14-21(23(5,6)7)17(4)15-24(22)8/h11-15,18H,9-10H2,1-8H3/q+1. The van der Waals surface area contributed by atoms with E-state index in [-0.39, 0.29) is 0 Å². The van der Waals surface area contributed by atoms with Crippen molar-refractivity contribution in [1.82, 2.24) is 0 Å². The molecule has 0 N–H and O–H groups in total. The first-order chi connectivity index (χ1) is 11.2. The molecule has 0 bridgehead atoms. The van der Waals surface area contributed by atoms with E-state index in [0.29, 0.717) is 5.92 Å². The van der Waals surface area contributed by atoms with Gasteiger partial charge in [0, 0.05) is 0 Å². The molecule has 0 unspecified atom stereocenters. The number of pyridine rings is 1. The second-order valence-electron chi connectivity index (χ2n) is 8.20. The SMILES string of the molecule is CCC(CC)c1ccc(C)c(-c2c[c]([Ge]([CH3])([CH3])[CH3])c(C)c[n+]2C)c1. The first-order valence-corrected chi connectivity index (χ1v) is 16.6. The molecule has 0 atom stereocenters. The summed E-state index contributed by atoms with van der Waals surface area (Å²) in [6.45, 7) is 9.10. The third-order valence-electron chi connectivity index (χ3n) is 5.28. The van der Waals surface area contributed by atoms with Gasteiger partial charge in [-0.15, -0.1) is 0 Å². The maximum atomic E-state index is 2.49. The van der Waals surface area contributed by atoms with Crippen molar-refractivity contribution in [2.75, 3.05) is 0 Å². The Labute approximate surface area is 151 Å². The fourth-order valence-electron chi connectivity index (χ4n) is 3.79. The molecule has 1 aromatic heterocycles. The minimum absolute atomic E-state index is 0.667. The van der Waals surface area contributed by atoms with Gasteiger partial charge in [-0.05, 0) is 0 Å². The average Bonchev–Trinajstić information content (AvgIpc) is 2.49. The summed E-state index contributed by atoms with van der Waals surface area (Å²) >= 11 is -1.87. The molecule has 0 amide bonds. The number of aromatic nitrogens is 1. The molecular formula is C22H34GeN+. The van der Waals surface area contributed by atoms with E-state index < -0.39 is 13.3 Å². The summed E-state index contributed by atoms with van der Waals surface area (Å²) in [6, 6.07) is 9.56. The Morgan fingerprint density at radius 1 is 0.958 bits per heavy atom. The topological polar surface area (TPSA) is 3.88 Å². The van der Waals surface area contributed by atoms with Crippen LogP contribution in [0.2, 0.25) is 17.3 Å². The van der Waals surface area contributed by atoms with Crippen LogP contribution in [0.3, 0.4) is 0 Å². The molecule has 1 aromatic carbocycles. The predicted molar refractivity (Wildman–Crippen MR) is 109 cm³/mol. The predicted octanol–water partition coefficient (Wildman–Crippen LogP) is 5.24. The van der Waals surface area contributed by atoms with Gasteiger partial charge in [0.2, 0.25) is 0 Å². The molecule has 0 spiro atoms. The zero-order valence-corrected chi connectivity index (χ0v) is 18.9. The summed E-state index contributed by atoms with van der Waals surface area (Å²) in [5.41, 5.74) is 7.07. The fourth-order valence-corrected chi connectivity index (χ4v) is 7.60. The molecule has 0 aliphatic carbocycles. The van der Waals surface area contributed by atoms with Crippen LogP contribution in [0.1, 0.15) is 49.3 Å². The van der Waals surface area contributed by atoms with Gasteiger partial charge in [-0.25, -0.2) is 0 Å². The van der Waals surface area contributed by atoms with Crippen LogP contribution in [-0.2, 0) is 7.05 Å². The van der Waals surface area contributed by atoms with Gasteiger partial charge in [0.25, 0.3) is 0 Å². The van der Waals surface area contributed by atoms with E-state index in [1.807, 2.05) is 0 Å². The number of benzene rings is 1. The van der Waals surface area contributed by atoms with Crippen LogP contribution in [0.25, 0.3) is 11.3 Å². The molecule has 2 heteroatoms. The first kappa shape index (κ1) is 19.2. The van der Waals surface area contributed by atoms with Gasteiger partial charge in [-0.1, -0.05) is 0 Å². The molecular weight excluding hydrogens is 351 g/mol. The van der Waals surface area contributed by atoms with Crippen molar-refractivity contribution in [3.05, 3.63) is 47.2 Å². The van der Waals surface area contributed by atoms with Crippen LogP contribution >= 0.6 is 0 Å². The van der Waals surface area contributed by atoms with Gasteiger partial charge >= 0.3 is 151 Å². The van der Waals surface area contributed by atoms with Crippen molar-refractivity contribution >= 4 is 17.7 Å². The molecule has 0 aliphatic heterocycles. The summed E-state index contributed by atoms with van der Waals surface area (Å²) < 4.78 is 3.93. The Morgan fingerprint density at radius 2 is 1.58 bits per heavy atom. The third-order valence-corrected chi connectivity index (χ3v) is 9.80. The van der Waals surface area contributed by atoms with Crippen LogP contribution in [0, 0.1) is 13.8 Å². The molecule has 24 heavy (non-hydrogen) atoms. The van der Waals surface area contributed by atoms with Crippen molar-refractivity contribution in [2.45, 2.75) is 63.7 Å². The van der Waals surface area contributed by atoms with Gasteiger partial charge < -0.3 is 0 Å². The number of hydrogen-bond acceptors (Lipinski definition) is 0. The molecule has 130 valence electrons. The van der Waals surface area contributed by atoms with Crippen LogP contribution in [0.5, 0.6) is 0 Å². The van der Waals surface area contributed by atoms with E-state index in [9.17, 15) is 0 Å². The molecule has 0 saturated carbocycles. The molecule has 1 nitrogen and oxygen atoms in total. The van der Waals surface area contributed by atoms with Crippen LogP contribution in [0.4, 0.5) is 0 Å². The van der Waals surface area contributed by atoms with Gasteiger partial charge in [0.1, 0.15) is 0 Å². The third kappa shape index (κ3) is 3.93. The van der Waals surface area contributed by atoms with Gasteiger partial charge in [-0.3, -0.25) is 0 Å². The average molecular weight is 385 g/mol. The Balaban J connectivity index is 2.65. The van der Waals surface area contributed by atoms with Crippen molar-refractivity contribution < 1.29 is 4.57 Å². The Morgan fingerprint density at radius 3 is 2.12 bits per heavy atom. The van der Waals surface area contributed by atoms with E-state index in [1.165, 1.54) is 40.8 Å². The normalized spacial score (nSPS) is 12.0. The quantitative estimate of drug-likeness (QED) is 0.490. The first-order valence-electron chi connectivity index (χ1n) is 9.30. The van der Waals surface area contributed by atoms with Gasteiger partial charge in [0.15, 0.2) is 0 Å². The molecule has 0 fully saturated rings. The summed E-state index contributed by atoms with van der Waals surface area (Å²) in [6.07, 6.45) is 4.74. The van der Waals surface area contributed by atoms with Crippen LogP contribution in [0.15, 0.2) is 30.5 Å². The monoisotopic (exact) mass is 386 g/mol. The Bertz CT molecular complexity index is 721. The summed E-state index contributed by atoms with van der Waals surface area (Å²) in [5.74, 6) is 8.12. The van der Waals surface area contributed by atoms with Gasteiger partial charge in [0.05, 0.1) is 0 Å². The van der Waals surface area contributed by atoms with Crippen LogP contribution in [-0.4, -0.2) is 13.3 Å². The summed E-state index contributed by atoms with van der Waals surface area (Å²) in [4.78, 5) is 0. The molecule has 1 heterocycles. The Hall–Kier alpha value is -1.09. The van der Waals surface area contributed by atoms with Crippen molar-refractivity contribution in [2.24, 2.45) is 7.05 Å². The van der Waals surface area contributed by atoms with Crippen molar-refractivity contribution in [3.8, 4) is 11.3 Å². The Kier molecular flexibility index (Phi) is 5.96.